The predicted molar refractivity (Wildman–Crippen MR) is 97.0 cm³/mol. The van der Waals surface area contributed by atoms with Crippen LogP contribution in [0.4, 0.5) is 0 Å². The van der Waals surface area contributed by atoms with Gasteiger partial charge in [0.1, 0.15) is 0 Å². The smallest absolute Gasteiger partial charge is 0.0803 e. The molecule has 1 aliphatic carbocycles. The SMILES string of the molecule is S=C(NCc1ccccc1)[C@H]1CCCC[C@@H]1N1CCCCC1. The molecule has 1 heterocycles. The molecule has 3 rings (SSSR count). The van der Waals surface area contributed by atoms with Crippen LogP contribution >= 0.6 is 12.2 Å². The third kappa shape index (κ3) is 4.08. The molecule has 0 amide bonds. The van der Waals surface area contributed by atoms with Crippen molar-refractivity contribution < 1.29 is 0 Å². The van der Waals surface area contributed by atoms with E-state index in [2.05, 4.69) is 40.5 Å². The van der Waals surface area contributed by atoms with Crippen molar-refractivity contribution >= 4 is 17.2 Å². The number of likely N-dealkylation sites (tertiary alicyclic amines) is 1. The van der Waals surface area contributed by atoms with E-state index in [-0.39, 0.29) is 0 Å². The molecule has 1 N–H and O–H groups in total. The molecule has 1 saturated heterocycles. The number of nitrogens with one attached hydrogen (secondary N) is 1. The molecule has 0 unspecified atom stereocenters. The van der Waals surface area contributed by atoms with Crippen LogP contribution in [0.3, 0.4) is 0 Å². The van der Waals surface area contributed by atoms with E-state index in [1.807, 2.05) is 0 Å². The molecule has 1 aromatic carbocycles. The molecule has 0 aromatic heterocycles. The van der Waals surface area contributed by atoms with Gasteiger partial charge >= 0.3 is 0 Å². The maximum Gasteiger partial charge on any atom is 0.0803 e. The van der Waals surface area contributed by atoms with Crippen molar-refractivity contribution in [3.8, 4) is 0 Å². The van der Waals surface area contributed by atoms with Crippen LogP contribution in [-0.2, 0) is 6.54 Å². The van der Waals surface area contributed by atoms with E-state index in [1.54, 1.807) is 0 Å². The van der Waals surface area contributed by atoms with Crippen LogP contribution in [0.2, 0.25) is 0 Å². The number of piperidine rings is 1. The van der Waals surface area contributed by atoms with Crippen molar-refractivity contribution in [1.82, 2.24) is 10.2 Å². The number of nitrogens with zero attached hydrogens (tertiary/aromatic N) is 1. The van der Waals surface area contributed by atoms with Crippen LogP contribution in [0.1, 0.15) is 50.5 Å². The zero-order valence-corrected chi connectivity index (χ0v) is 14.3. The fourth-order valence-electron chi connectivity index (χ4n) is 4.02. The Morgan fingerprint density at radius 3 is 2.50 bits per heavy atom. The first kappa shape index (κ1) is 15.9. The molecule has 2 fully saturated rings. The van der Waals surface area contributed by atoms with Gasteiger partial charge in [0.05, 0.1) is 4.99 Å². The molecule has 0 bridgehead atoms. The summed E-state index contributed by atoms with van der Waals surface area (Å²) >= 11 is 5.78. The number of benzene rings is 1. The van der Waals surface area contributed by atoms with Crippen molar-refractivity contribution in [2.45, 2.75) is 57.5 Å². The summed E-state index contributed by atoms with van der Waals surface area (Å²) in [6.07, 6.45) is 9.45. The zero-order valence-electron chi connectivity index (χ0n) is 13.5. The van der Waals surface area contributed by atoms with Gasteiger partial charge in [-0.1, -0.05) is 61.8 Å². The summed E-state index contributed by atoms with van der Waals surface area (Å²) in [5, 5.41) is 3.54. The Morgan fingerprint density at radius 2 is 1.73 bits per heavy atom. The molecule has 3 heteroatoms. The molecule has 120 valence electrons. The van der Waals surface area contributed by atoms with Gasteiger partial charge in [-0.15, -0.1) is 0 Å². The van der Waals surface area contributed by atoms with E-state index in [9.17, 15) is 0 Å². The summed E-state index contributed by atoms with van der Waals surface area (Å²) in [4.78, 5) is 3.82. The van der Waals surface area contributed by atoms with E-state index < -0.39 is 0 Å². The molecule has 0 spiro atoms. The van der Waals surface area contributed by atoms with Crippen molar-refractivity contribution in [2.24, 2.45) is 5.92 Å². The van der Waals surface area contributed by atoms with Crippen LogP contribution in [0.15, 0.2) is 30.3 Å². The third-order valence-electron chi connectivity index (χ3n) is 5.24. The fourth-order valence-corrected chi connectivity index (χ4v) is 4.37. The Hall–Kier alpha value is -0.930. The summed E-state index contributed by atoms with van der Waals surface area (Å²) in [5.74, 6) is 0.561. The number of rotatable bonds is 4. The van der Waals surface area contributed by atoms with Gasteiger partial charge in [0.15, 0.2) is 0 Å². The average molecular weight is 317 g/mol. The van der Waals surface area contributed by atoms with Crippen LogP contribution in [0.5, 0.6) is 0 Å². The Morgan fingerprint density at radius 1 is 1.00 bits per heavy atom. The zero-order chi connectivity index (χ0) is 15.2. The fraction of sp³-hybridized carbons (Fsp3) is 0.632. The standard InChI is InChI=1S/C19H28N2S/c22-19(20-15-16-9-3-1-4-10-16)17-11-5-6-12-18(17)21-13-7-2-8-14-21/h1,3-4,9-10,17-18H,2,5-8,11-15H2,(H,20,22)/t17-,18-/m0/s1. The predicted octanol–water partition coefficient (Wildman–Crippen LogP) is 4.15. The van der Waals surface area contributed by atoms with E-state index in [1.165, 1.54) is 63.6 Å². The Balaban J connectivity index is 1.58. The number of hydrogen-bond donors (Lipinski definition) is 1. The van der Waals surface area contributed by atoms with Crippen molar-refractivity contribution in [2.75, 3.05) is 13.1 Å². The molecule has 2 nitrogen and oxygen atoms in total. The molecule has 2 atom stereocenters. The molecular weight excluding hydrogens is 288 g/mol. The van der Waals surface area contributed by atoms with Crippen molar-refractivity contribution in [1.29, 1.82) is 0 Å². The van der Waals surface area contributed by atoms with Gasteiger partial charge in [0, 0.05) is 18.5 Å². The lowest BCUT2D eigenvalue weighted by atomic mass is 9.82. The second-order valence-electron chi connectivity index (χ2n) is 6.76. The lowest BCUT2D eigenvalue weighted by Gasteiger charge is -2.42. The normalized spacial score (nSPS) is 26.5. The highest BCUT2D eigenvalue weighted by Crippen LogP contribution is 2.31. The summed E-state index contributed by atoms with van der Waals surface area (Å²) in [5.41, 5.74) is 1.31. The van der Waals surface area contributed by atoms with Crippen LogP contribution in [0.25, 0.3) is 0 Å². The summed E-state index contributed by atoms with van der Waals surface area (Å²) in [6, 6.07) is 11.3. The van der Waals surface area contributed by atoms with Crippen LogP contribution in [0, 0.1) is 5.92 Å². The molecule has 1 aromatic rings. The summed E-state index contributed by atoms with van der Waals surface area (Å²) in [7, 11) is 0. The second-order valence-corrected chi connectivity index (χ2v) is 7.20. The first-order chi connectivity index (χ1) is 10.8. The van der Waals surface area contributed by atoms with Gasteiger partial charge in [0.25, 0.3) is 0 Å². The van der Waals surface area contributed by atoms with Crippen LogP contribution in [-0.4, -0.2) is 29.0 Å². The van der Waals surface area contributed by atoms with Crippen LogP contribution < -0.4 is 5.32 Å². The highest BCUT2D eigenvalue weighted by molar-refractivity contribution is 7.80. The minimum atomic E-state index is 0.561. The van der Waals surface area contributed by atoms with Gasteiger partial charge < -0.3 is 5.32 Å². The first-order valence-electron chi connectivity index (χ1n) is 8.90. The highest BCUT2D eigenvalue weighted by atomic mass is 32.1. The number of hydrogen-bond acceptors (Lipinski definition) is 2. The monoisotopic (exact) mass is 316 g/mol. The maximum atomic E-state index is 5.78. The number of thiocarbonyl (C=S) groups is 1. The van der Waals surface area contributed by atoms with Gasteiger partial charge in [-0.05, 0) is 44.3 Å². The largest absolute Gasteiger partial charge is 0.375 e. The third-order valence-corrected chi connectivity index (χ3v) is 5.68. The highest BCUT2D eigenvalue weighted by Gasteiger charge is 2.33. The lowest BCUT2D eigenvalue weighted by Crippen LogP contribution is -2.49. The van der Waals surface area contributed by atoms with Gasteiger partial charge in [0.2, 0.25) is 0 Å². The Labute approximate surface area is 140 Å². The second kappa shape index (κ2) is 8.07. The quantitative estimate of drug-likeness (QED) is 0.840. The first-order valence-corrected chi connectivity index (χ1v) is 9.31. The maximum absolute atomic E-state index is 5.78. The van der Waals surface area contributed by atoms with E-state index in [4.69, 9.17) is 12.2 Å². The molecule has 22 heavy (non-hydrogen) atoms. The van der Waals surface area contributed by atoms with Gasteiger partial charge in [-0.2, -0.15) is 0 Å². The molecule has 1 saturated carbocycles. The van der Waals surface area contributed by atoms with E-state index in [0.29, 0.717) is 12.0 Å². The minimum Gasteiger partial charge on any atom is -0.375 e. The lowest BCUT2D eigenvalue weighted by molar-refractivity contribution is 0.109. The van der Waals surface area contributed by atoms with Crippen molar-refractivity contribution in [3.05, 3.63) is 35.9 Å². The topological polar surface area (TPSA) is 15.3 Å². The molecule has 1 aliphatic heterocycles. The minimum absolute atomic E-state index is 0.561. The average Bonchev–Trinajstić information content (AvgIpc) is 2.61. The van der Waals surface area contributed by atoms with E-state index in [0.717, 1.165) is 11.5 Å². The van der Waals surface area contributed by atoms with Gasteiger partial charge in [-0.3, -0.25) is 4.90 Å². The Kier molecular flexibility index (Phi) is 5.85. The van der Waals surface area contributed by atoms with Gasteiger partial charge in [-0.25, -0.2) is 0 Å². The van der Waals surface area contributed by atoms with E-state index >= 15 is 0 Å². The Bertz CT molecular complexity index is 468. The molecule has 2 aliphatic rings. The summed E-state index contributed by atoms with van der Waals surface area (Å²) in [6.45, 7) is 3.42. The molecular formula is C19H28N2S. The van der Waals surface area contributed by atoms with Crippen molar-refractivity contribution in [3.63, 3.8) is 0 Å². The summed E-state index contributed by atoms with van der Waals surface area (Å²) < 4.78 is 0. The molecule has 0 radical (unpaired) electrons.